The molecule has 1 amide bonds. The van der Waals surface area contributed by atoms with E-state index in [-0.39, 0.29) is 9.90 Å². The van der Waals surface area contributed by atoms with Gasteiger partial charge in [-0.3, -0.25) is 4.79 Å². The van der Waals surface area contributed by atoms with E-state index in [1.807, 2.05) is 30.3 Å². The van der Waals surface area contributed by atoms with Gasteiger partial charge in [0.1, 0.15) is 10.7 Å². The van der Waals surface area contributed by atoms with Crippen molar-refractivity contribution in [2.75, 3.05) is 0 Å². The average molecular weight is 392 g/mol. The third-order valence-electron chi connectivity index (χ3n) is 3.74. The number of nitrogens with one attached hydrogen (secondary N) is 1. The number of halogens is 2. The Labute approximate surface area is 158 Å². The molecule has 26 heavy (non-hydrogen) atoms. The molecule has 0 spiro atoms. The van der Waals surface area contributed by atoms with Crippen LogP contribution in [-0.4, -0.2) is 18.0 Å². The van der Waals surface area contributed by atoms with Crippen LogP contribution in [0.1, 0.15) is 22.2 Å². The maximum Gasteiger partial charge on any atom is 0.350 e. The van der Waals surface area contributed by atoms with Crippen LogP contribution in [0.3, 0.4) is 0 Å². The van der Waals surface area contributed by atoms with E-state index in [1.54, 1.807) is 0 Å². The van der Waals surface area contributed by atoms with Crippen LogP contribution in [0.25, 0.3) is 10.1 Å². The van der Waals surface area contributed by atoms with Crippen molar-refractivity contribution >= 4 is 44.9 Å². The Morgan fingerprint density at radius 2 is 1.96 bits per heavy atom. The highest BCUT2D eigenvalue weighted by atomic mass is 35.5. The van der Waals surface area contributed by atoms with Gasteiger partial charge in [0.2, 0.25) is 0 Å². The fraction of sp³-hybridized carbons (Fsp3) is 0.158. The number of amides is 1. The van der Waals surface area contributed by atoms with Crippen molar-refractivity contribution in [2.45, 2.75) is 19.6 Å². The number of thiophene rings is 1. The van der Waals surface area contributed by atoms with Crippen LogP contribution in [-0.2, 0) is 16.1 Å². The number of carbonyl (C=O) groups is 2. The number of benzene rings is 2. The summed E-state index contributed by atoms with van der Waals surface area (Å²) in [6, 6.07) is 13.5. The minimum atomic E-state index is -0.982. The molecule has 7 heteroatoms. The second-order valence-corrected chi connectivity index (χ2v) is 7.07. The molecule has 1 unspecified atom stereocenters. The Morgan fingerprint density at radius 3 is 2.69 bits per heavy atom. The molecule has 0 aliphatic carbocycles. The normalized spacial score (nSPS) is 12.0. The SMILES string of the molecule is CC(OC(=O)c1sc2cc(F)ccc2c1Cl)C(=O)NCc1ccccc1. The van der Waals surface area contributed by atoms with E-state index in [9.17, 15) is 14.0 Å². The molecule has 1 atom stereocenters. The number of hydrogen-bond acceptors (Lipinski definition) is 4. The highest BCUT2D eigenvalue weighted by Crippen LogP contribution is 2.36. The van der Waals surface area contributed by atoms with Crippen molar-refractivity contribution < 1.29 is 18.7 Å². The molecule has 0 fully saturated rings. The summed E-state index contributed by atoms with van der Waals surface area (Å²) in [5.74, 6) is -1.53. The quantitative estimate of drug-likeness (QED) is 0.649. The Kier molecular flexibility index (Phi) is 5.54. The molecule has 0 bridgehead atoms. The molecular formula is C19H15ClFNO3S. The Morgan fingerprint density at radius 1 is 1.23 bits per heavy atom. The van der Waals surface area contributed by atoms with Gasteiger partial charge in [-0.15, -0.1) is 11.3 Å². The first-order valence-corrected chi connectivity index (χ1v) is 9.05. The lowest BCUT2D eigenvalue weighted by atomic mass is 10.2. The fourth-order valence-corrected chi connectivity index (χ4v) is 3.78. The molecule has 0 aliphatic heterocycles. The standard InChI is InChI=1S/C19H15ClFNO3S/c1-11(18(23)22-10-12-5-3-2-4-6-12)25-19(24)17-16(20)14-8-7-13(21)9-15(14)26-17/h2-9,11H,10H2,1H3,(H,22,23). The number of carbonyl (C=O) groups excluding carboxylic acids is 2. The van der Waals surface area contributed by atoms with Crippen LogP contribution in [0.15, 0.2) is 48.5 Å². The van der Waals surface area contributed by atoms with E-state index < -0.39 is 23.8 Å². The van der Waals surface area contributed by atoms with Crippen molar-refractivity contribution in [3.05, 3.63) is 69.8 Å². The Bertz CT molecular complexity index is 958. The number of hydrogen-bond donors (Lipinski definition) is 1. The largest absolute Gasteiger partial charge is 0.448 e. The molecule has 1 aromatic heterocycles. The van der Waals surface area contributed by atoms with Crippen LogP contribution in [0, 0.1) is 5.82 Å². The lowest BCUT2D eigenvalue weighted by Gasteiger charge is -2.13. The molecule has 0 radical (unpaired) electrons. The lowest BCUT2D eigenvalue weighted by Crippen LogP contribution is -2.35. The van der Waals surface area contributed by atoms with Crippen molar-refractivity contribution in [3.8, 4) is 0 Å². The second kappa shape index (κ2) is 7.85. The van der Waals surface area contributed by atoms with Crippen LogP contribution in [0.2, 0.25) is 5.02 Å². The third kappa shape index (κ3) is 4.03. The third-order valence-corrected chi connectivity index (χ3v) is 5.38. The number of rotatable bonds is 5. The van der Waals surface area contributed by atoms with Gasteiger partial charge in [0.05, 0.1) is 5.02 Å². The van der Waals surface area contributed by atoms with Gasteiger partial charge in [0, 0.05) is 16.6 Å². The van der Waals surface area contributed by atoms with Crippen molar-refractivity contribution in [1.29, 1.82) is 0 Å². The predicted octanol–water partition coefficient (Wildman–Crippen LogP) is 4.56. The summed E-state index contributed by atoms with van der Waals surface area (Å²) in [7, 11) is 0. The molecule has 1 heterocycles. The summed E-state index contributed by atoms with van der Waals surface area (Å²) in [4.78, 5) is 24.6. The topological polar surface area (TPSA) is 55.4 Å². The van der Waals surface area contributed by atoms with Gasteiger partial charge in [-0.05, 0) is 30.7 Å². The van der Waals surface area contributed by atoms with Crippen molar-refractivity contribution in [2.24, 2.45) is 0 Å². The first-order chi connectivity index (χ1) is 12.5. The minimum absolute atomic E-state index is 0.148. The minimum Gasteiger partial charge on any atom is -0.448 e. The smallest absolute Gasteiger partial charge is 0.350 e. The second-order valence-electron chi connectivity index (χ2n) is 5.64. The molecular weight excluding hydrogens is 377 g/mol. The number of ether oxygens (including phenoxy) is 1. The summed E-state index contributed by atoms with van der Waals surface area (Å²) < 4.78 is 19.1. The van der Waals surface area contributed by atoms with E-state index in [0.29, 0.717) is 16.6 Å². The summed E-state index contributed by atoms with van der Waals surface area (Å²) in [6.45, 7) is 1.82. The molecule has 2 aromatic carbocycles. The van der Waals surface area contributed by atoms with Gasteiger partial charge in [-0.2, -0.15) is 0 Å². The molecule has 1 N–H and O–H groups in total. The highest BCUT2D eigenvalue weighted by Gasteiger charge is 2.23. The van der Waals surface area contributed by atoms with Gasteiger partial charge in [0.25, 0.3) is 5.91 Å². The zero-order valence-corrected chi connectivity index (χ0v) is 15.4. The fourth-order valence-electron chi connectivity index (χ4n) is 2.37. The van der Waals surface area contributed by atoms with Crippen molar-refractivity contribution in [3.63, 3.8) is 0 Å². The van der Waals surface area contributed by atoms with Gasteiger partial charge in [-0.25, -0.2) is 9.18 Å². The monoisotopic (exact) mass is 391 g/mol. The first kappa shape index (κ1) is 18.4. The average Bonchev–Trinajstić information content (AvgIpc) is 2.96. The maximum atomic E-state index is 13.3. The summed E-state index contributed by atoms with van der Waals surface area (Å²) in [5.41, 5.74) is 0.939. The van der Waals surface area contributed by atoms with Gasteiger partial charge >= 0.3 is 5.97 Å². The molecule has 3 rings (SSSR count). The van der Waals surface area contributed by atoms with Crippen LogP contribution in [0.4, 0.5) is 4.39 Å². The van der Waals surface area contributed by atoms with E-state index in [4.69, 9.17) is 16.3 Å². The summed E-state index contributed by atoms with van der Waals surface area (Å²) in [5, 5.41) is 3.48. The maximum absolute atomic E-state index is 13.3. The number of fused-ring (bicyclic) bond motifs is 1. The summed E-state index contributed by atoms with van der Waals surface area (Å²) >= 11 is 7.23. The van der Waals surface area contributed by atoms with Gasteiger partial charge in [-0.1, -0.05) is 41.9 Å². The molecule has 0 saturated carbocycles. The molecule has 0 saturated heterocycles. The van der Waals surface area contributed by atoms with E-state index in [2.05, 4.69) is 5.32 Å². The van der Waals surface area contributed by atoms with E-state index in [1.165, 1.54) is 25.1 Å². The van der Waals surface area contributed by atoms with Crippen LogP contribution >= 0.6 is 22.9 Å². The Hall–Kier alpha value is -2.44. The highest BCUT2D eigenvalue weighted by molar-refractivity contribution is 7.21. The zero-order valence-electron chi connectivity index (χ0n) is 13.8. The lowest BCUT2D eigenvalue weighted by molar-refractivity contribution is -0.129. The van der Waals surface area contributed by atoms with E-state index in [0.717, 1.165) is 16.9 Å². The van der Waals surface area contributed by atoms with Crippen LogP contribution in [0.5, 0.6) is 0 Å². The predicted molar refractivity (Wildman–Crippen MR) is 100.0 cm³/mol. The number of esters is 1. The molecule has 134 valence electrons. The molecule has 3 aromatic rings. The van der Waals surface area contributed by atoms with Crippen molar-refractivity contribution in [1.82, 2.24) is 5.32 Å². The van der Waals surface area contributed by atoms with Crippen LogP contribution < -0.4 is 5.32 Å². The van der Waals surface area contributed by atoms with Gasteiger partial charge < -0.3 is 10.1 Å². The molecule has 4 nitrogen and oxygen atoms in total. The zero-order chi connectivity index (χ0) is 18.7. The summed E-state index contributed by atoms with van der Waals surface area (Å²) in [6.07, 6.45) is -0.982. The van der Waals surface area contributed by atoms with Gasteiger partial charge in [0.15, 0.2) is 6.10 Å². The first-order valence-electron chi connectivity index (χ1n) is 7.86. The van der Waals surface area contributed by atoms with E-state index >= 15 is 0 Å². The Balaban J connectivity index is 1.65. The molecule has 0 aliphatic rings.